The minimum atomic E-state index is -0.144. The molecule has 2 aromatic rings. The van der Waals surface area contributed by atoms with Crippen LogP contribution in [0.3, 0.4) is 0 Å². The molecule has 1 fully saturated rings. The summed E-state index contributed by atoms with van der Waals surface area (Å²) < 4.78 is 7.46. The third-order valence-corrected chi connectivity index (χ3v) is 5.11. The molecule has 5 heteroatoms. The number of rotatable bonds is 1. The van der Waals surface area contributed by atoms with Crippen LogP contribution >= 0.6 is 0 Å². The molecule has 116 valence electrons. The lowest BCUT2D eigenvalue weighted by Crippen LogP contribution is -2.29. The van der Waals surface area contributed by atoms with E-state index in [1.807, 2.05) is 30.5 Å². The van der Waals surface area contributed by atoms with Gasteiger partial charge in [0.2, 0.25) is 0 Å². The summed E-state index contributed by atoms with van der Waals surface area (Å²) in [6.07, 6.45) is 1.89. The van der Waals surface area contributed by atoms with Crippen LogP contribution in [0.15, 0.2) is 16.9 Å². The second kappa shape index (κ2) is 4.64. The van der Waals surface area contributed by atoms with Crippen LogP contribution in [0, 0.1) is 6.92 Å². The van der Waals surface area contributed by atoms with Gasteiger partial charge in [-0.25, -0.2) is 4.98 Å². The largest absolute Gasteiger partial charge is 0.380 e. The molecule has 0 unspecified atom stereocenters. The molecule has 22 heavy (non-hydrogen) atoms. The molecule has 1 spiro atoms. The fourth-order valence-corrected chi connectivity index (χ4v) is 3.88. The van der Waals surface area contributed by atoms with Crippen LogP contribution in [0.25, 0.3) is 10.9 Å². The van der Waals surface area contributed by atoms with E-state index < -0.39 is 0 Å². The van der Waals surface area contributed by atoms with E-state index in [1.165, 1.54) is 0 Å². The van der Waals surface area contributed by atoms with Gasteiger partial charge in [-0.3, -0.25) is 9.36 Å². The molecule has 0 saturated carbocycles. The van der Waals surface area contributed by atoms with Gasteiger partial charge in [0, 0.05) is 19.2 Å². The second-order valence-corrected chi connectivity index (χ2v) is 6.76. The van der Waals surface area contributed by atoms with Gasteiger partial charge in [-0.1, -0.05) is 6.07 Å². The van der Waals surface area contributed by atoms with E-state index in [4.69, 9.17) is 15.5 Å². The van der Waals surface area contributed by atoms with E-state index in [1.54, 1.807) is 0 Å². The van der Waals surface area contributed by atoms with E-state index in [9.17, 15) is 4.79 Å². The summed E-state index contributed by atoms with van der Waals surface area (Å²) >= 11 is 0. The highest BCUT2D eigenvalue weighted by Crippen LogP contribution is 2.40. The fourth-order valence-electron chi connectivity index (χ4n) is 3.88. The molecule has 1 aromatic heterocycles. The first-order chi connectivity index (χ1) is 10.5. The molecule has 2 N–H and O–H groups in total. The number of nitrogens with zero attached hydrogens (tertiary/aromatic N) is 2. The van der Waals surface area contributed by atoms with E-state index >= 15 is 0 Å². The Kier molecular flexibility index (Phi) is 2.93. The molecule has 2 atom stereocenters. The van der Waals surface area contributed by atoms with Crippen molar-refractivity contribution in [3.63, 3.8) is 0 Å². The molecule has 4 rings (SSSR count). The van der Waals surface area contributed by atoms with Crippen molar-refractivity contribution in [2.45, 2.75) is 44.7 Å². The van der Waals surface area contributed by atoms with Gasteiger partial charge in [0.1, 0.15) is 5.82 Å². The molecular formula is C17H21N3O2. The summed E-state index contributed by atoms with van der Waals surface area (Å²) in [5.74, 6) is 0.897. The quantitative estimate of drug-likeness (QED) is 0.871. The Bertz CT molecular complexity index is 817. The van der Waals surface area contributed by atoms with Gasteiger partial charge in [-0.2, -0.15) is 0 Å². The van der Waals surface area contributed by atoms with Crippen molar-refractivity contribution >= 4 is 10.9 Å². The zero-order valence-corrected chi connectivity index (χ0v) is 13.1. The number of nitrogens with two attached hydrogens (primary N) is 1. The predicted octanol–water partition coefficient (Wildman–Crippen LogP) is 1.79. The smallest absolute Gasteiger partial charge is 0.261 e. The number of benzene rings is 1. The molecule has 5 nitrogen and oxygen atoms in total. The standard InChI is InChI=1S/C17H21N3O2/c1-10-7-12(11(2)18)14-13(8-10)15(21)20-5-3-17(16(20)19-14)4-6-22-9-17/h7-8,11H,3-6,9,18H2,1-2H3/t11-,17-/m1/s1. The molecule has 0 aliphatic carbocycles. The highest BCUT2D eigenvalue weighted by Gasteiger charge is 2.44. The van der Waals surface area contributed by atoms with Crippen molar-refractivity contribution in [2.75, 3.05) is 13.2 Å². The van der Waals surface area contributed by atoms with Gasteiger partial charge in [-0.05, 0) is 43.9 Å². The van der Waals surface area contributed by atoms with Gasteiger partial charge in [0.25, 0.3) is 5.56 Å². The van der Waals surface area contributed by atoms with Crippen molar-refractivity contribution in [3.05, 3.63) is 39.4 Å². The summed E-state index contributed by atoms with van der Waals surface area (Å²) in [6, 6.07) is 3.83. The maximum absolute atomic E-state index is 12.9. The van der Waals surface area contributed by atoms with Crippen LogP contribution in [0.5, 0.6) is 0 Å². The summed E-state index contributed by atoms with van der Waals surface area (Å²) in [5, 5.41) is 0.687. The lowest BCUT2D eigenvalue weighted by Gasteiger charge is -2.21. The summed E-state index contributed by atoms with van der Waals surface area (Å²) in [7, 11) is 0. The van der Waals surface area contributed by atoms with Gasteiger partial charge in [-0.15, -0.1) is 0 Å². The average molecular weight is 299 g/mol. The molecule has 1 saturated heterocycles. The molecule has 0 radical (unpaired) electrons. The summed E-state index contributed by atoms with van der Waals surface area (Å²) in [5.41, 5.74) is 8.88. The van der Waals surface area contributed by atoms with Crippen molar-refractivity contribution in [2.24, 2.45) is 5.73 Å². The first-order valence-corrected chi connectivity index (χ1v) is 7.91. The lowest BCUT2D eigenvalue weighted by molar-refractivity contribution is 0.176. The third-order valence-electron chi connectivity index (χ3n) is 5.11. The van der Waals surface area contributed by atoms with Crippen LogP contribution in [0.1, 0.15) is 42.8 Å². The summed E-state index contributed by atoms with van der Waals surface area (Å²) in [6.45, 7) is 6.10. The van der Waals surface area contributed by atoms with Gasteiger partial charge < -0.3 is 10.5 Å². The molecular weight excluding hydrogens is 278 g/mol. The maximum atomic E-state index is 12.9. The lowest BCUT2D eigenvalue weighted by atomic mass is 9.85. The Hall–Kier alpha value is -1.72. The number of fused-ring (bicyclic) bond motifs is 3. The van der Waals surface area contributed by atoms with Gasteiger partial charge in [0.15, 0.2) is 0 Å². The Labute approximate surface area is 129 Å². The van der Waals surface area contributed by atoms with Crippen LogP contribution in [-0.4, -0.2) is 22.8 Å². The highest BCUT2D eigenvalue weighted by molar-refractivity contribution is 5.82. The van der Waals surface area contributed by atoms with Crippen LogP contribution < -0.4 is 11.3 Å². The highest BCUT2D eigenvalue weighted by atomic mass is 16.5. The number of aryl methyl sites for hydroxylation is 1. The molecule has 0 amide bonds. The Morgan fingerprint density at radius 3 is 2.91 bits per heavy atom. The fraction of sp³-hybridized carbons (Fsp3) is 0.529. The van der Waals surface area contributed by atoms with Crippen LogP contribution in [0.4, 0.5) is 0 Å². The average Bonchev–Trinajstić information content (AvgIpc) is 3.09. The predicted molar refractivity (Wildman–Crippen MR) is 85.1 cm³/mol. The van der Waals surface area contributed by atoms with Gasteiger partial charge in [0.05, 0.1) is 22.9 Å². The van der Waals surface area contributed by atoms with Crippen molar-refractivity contribution in [1.29, 1.82) is 0 Å². The van der Waals surface area contributed by atoms with E-state index in [0.29, 0.717) is 12.0 Å². The number of aromatic nitrogens is 2. The molecule has 1 aromatic carbocycles. The first-order valence-electron chi connectivity index (χ1n) is 7.91. The molecule has 2 aliphatic heterocycles. The molecule has 0 bridgehead atoms. The van der Waals surface area contributed by atoms with Crippen molar-refractivity contribution < 1.29 is 4.74 Å². The monoisotopic (exact) mass is 299 g/mol. The number of hydrogen-bond acceptors (Lipinski definition) is 4. The summed E-state index contributed by atoms with van der Waals surface area (Å²) in [4.78, 5) is 17.8. The van der Waals surface area contributed by atoms with Crippen LogP contribution in [-0.2, 0) is 16.7 Å². The minimum absolute atomic E-state index is 0.0642. The maximum Gasteiger partial charge on any atom is 0.261 e. The van der Waals surface area contributed by atoms with E-state index in [0.717, 1.165) is 48.5 Å². The second-order valence-electron chi connectivity index (χ2n) is 6.76. The molecule has 3 heterocycles. The molecule has 2 aliphatic rings. The topological polar surface area (TPSA) is 70.1 Å². The van der Waals surface area contributed by atoms with Gasteiger partial charge >= 0.3 is 0 Å². The van der Waals surface area contributed by atoms with E-state index in [-0.39, 0.29) is 17.0 Å². The Balaban J connectivity index is 2.07. The zero-order chi connectivity index (χ0) is 15.5. The number of hydrogen-bond donors (Lipinski definition) is 1. The normalized spacial score (nSPS) is 25.0. The van der Waals surface area contributed by atoms with E-state index in [2.05, 4.69) is 0 Å². The van der Waals surface area contributed by atoms with Crippen molar-refractivity contribution in [1.82, 2.24) is 9.55 Å². The SMILES string of the molecule is Cc1cc([C@@H](C)N)c2nc3n(c(=O)c2c1)CC[C@]31CCOC1. The first kappa shape index (κ1) is 13.9. The zero-order valence-electron chi connectivity index (χ0n) is 13.1. The minimum Gasteiger partial charge on any atom is -0.380 e. The number of ether oxygens (including phenoxy) is 1. The third kappa shape index (κ3) is 1.79. The van der Waals surface area contributed by atoms with Crippen molar-refractivity contribution in [3.8, 4) is 0 Å². The Morgan fingerprint density at radius 2 is 2.23 bits per heavy atom. The Morgan fingerprint density at radius 1 is 1.41 bits per heavy atom. The van der Waals surface area contributed by atoms with Crippen LogP contribution in [0.2, 0.25) is 0 Å².